The van der Waals surface area contributed by atoms with Crippen LogP contribution in [0.3, 0.4) is 0 Å². The van der Waals surface area contributed by atoms with Gasteiger partial charge in [-0.25, -0.2) is 0 Å². The number of hydrogen-bond donors (Lipinski definition) is 2. The van der Waals surface area contributed by atoms with Gasteiger partial charge in [-0.15, -0.1) is 0 Å². The molecule has 1 fully saturated rings. The molecule has 0 radical (unpaired) electrons. The topological polar surface area (TPSA) is 95.7 Å². The number of benzene rings is 1. The Labute approximate surface area is 122 Å². The molecular formula is C14H19N3O4. The molecule has 2 rings (SSSR count). The molecule has 0 unspecified atom stereocenters. The molecule has 0 aromatic heterocycles. The summed E-state index contributed by atoms with van der Waals surface area (Å²) in [6, 6.07) is 3.72. The molecule has 1 aromatic carbocycles. The van der Waals surface area contributed by atoms with Gasteiger partial charge in [0.05, 0.1) is 4.92 Å². The summed E-state index contributed by atoms with van der Waals surface area (Å²) in [5.41, 5.74) is -0.107. The number of carbonyl (C=O) groups is 1. The van der Waals surface area contributed by atoms with Gasteiger partial charge in [0.25, 0.3) is 5.91 Å². The predicted octanol–water partition coefficient (Wildman–Crippen LogP) is 1.37. The molecule has 0 spiro atoms. The molecule has 1 aliphatic heterocycles. The molecule has 1 heterocycles. The summed E-state index contributed by atoms with van der Waals surface area (Å²) in [7, 11) is 1.91. The van der Waals surface area contributed by atoms with Crippen LogP contribution in [0.4, 0.5) is 5.69 Å². The number of nitro groups is 1. The molecule has 7 nitrogen and oxygen atoms in total. The van der Waals surface area contributed by atoms with Crippen molar-refractivity contribution in [1.29, 1.82) is 0 Å². The average Bonchev–Trinajstić information content (AvgIpc) is 2.47. The summed E-state index contributed by atoms with van der Waals surface area (Å²) < 4.78 is 0. The number of hydrogen-bond acceptors (Lipinski definition) is 5. The first-order valence-corrected chi connectivity index (χ1v) is 6.94. The van der Waals surface area contributed by atoms with Crippen LogP contribution in [-0.2, 0) is 0 Å². The van der Waals surface area contributed by atoms with Gasteiger partial charge in [-0.3, -0.25) is 14.9 Å². The van der Waals surface area contributed by atoms with Gasteiger partial charge in [0.15, 0.2) is 5.75 Å². The smallest absolute Gasteiger partial charge is 0.310 e. The summed E-state index contributed by atoms with van der Waals surface area (Å²) in [6.45, 7) is 2.28. The van der Waals surface area contributed by atoms with Gasteiger partial charge < -0.3 is 15.3 Å². The van der Waals surface area contributed by atoms with E-state index in [1.165, 1.54) is 12.1 Å². The Hall–Kier alpha value is -2.15. The molecule has 114 valence electrons. The van der Waals surface area contributed by atoms with Crippen molar-refractivity contribution in [2.45, 2.75) is 12.8 Å². The second-order valence-corrected chi connectivity index (χ2v) is 5.25. The quantitative estimate of drug-likeness (QED) is 0.645. The molecule has 0 atom stereocenters. The van der Waals surface area contributed by atoms with Gasteiger partial charge >= 0.3 is 5.69 Å². The summed E-state index contributed by atoms with van der Waals surface area (Å²) in [6.07, 6.45) is 1.87. The first-order chi connectivity index (χ1) is 10.0. The Balaban J connectivity index is 2.04. The fourth-order valence-electron chi connectivity index (χ4n) is 2.62. The molecule has 0 aliphatic carbocycles. The van der Waals surface area contributed by atoms with E-state index in [9.17, 15) is 20.0 Å². The lowest BCUT2D eigenvalue weighted by molar-refractivity contribution is -0.385. The number of carbonyl (C=O) groups excluding carboxylic acids is 1. The number of likely N-dealkylation sites (tertiary alicyclic amines) is 1. The van der Waals surface area contributed by atoms with E-state index >= 15 is 0 Å². The predicted molar refractivity (Wildman–Crippen MR) is 77.3 cm³/mol. The number of nitrogens with zero attached hydrogens (tertiary/aromatic N) is 2. The standard InChI is InChI=1S/C14H19N3O4/c1-15-9-10-4-6-16(7-5-10)14(19)11-2-3-12(17(20)21)13(18)8-11/h2-3,8,10,15,18H,4-7,9H2,1H3. The largest absolute Gasteiger partial charge is 0.502 e. The van der Waals surface area contributed by atoms with E-state index < -0.39 is 10.7 Å². The highest BCUT2D eigenvalue weighted by Crippen LogP contribution is 2.27. The molecule has 2 N–H and O–H groups in total. The Morgan fingerprint density at radius 2 is 2.14 bits per heavy atom. The van der Waals surface area contributed by atoms with E-state index in [2.05, 4.69) is 5.32 Å². The van der Waals surface area contributed by atoms with Gasteiger partial charge in [-0.1, -0.05) is 0 Å². The average molecular weight is 293 g/mol. The lowest BCUT2D eigenvalue weighted by atomic mass is 9.96. The monoisotopic (exact) mass is 293 g/mol. The van der Waals surface area contributed by atoms with Gasteiger partial charge in [0.1, 0.15) is 0 Å². The van der Waals surface area contributed by atoms with Crippen LogP contribution in [0.15, 0.2) is 18.2 Å². The molecule has 7 heteroatoms. The van der Waals surface area contributed by atoms with E-state index in [4.69, 9.17) is 0 Å². The van der Waals surface area contributed by atoms with Gasteiger partial charge in [-0.2, -0.15) is 0 Å². The second-order valence-electron chi connectivity index (χ2n) is 5.25. The van der Waals surface area contributed by atoms with E-state index in [1.54, 1.807) is 4.90 Å². The van der Waals surface area contributed by atoms with Crippen molar-refractivity contribution in [3.63, 3.8) is 0 Å². The minimum absolute atomic E-state index is 0.192. The van der Waals surface area contributed by atoms with Crippen molar-refractivity contribution in [2.24, 2.45) is 5.92 Å². The Morgan fingerprint density at radius 3 is 2.67 bits per heavy atom. The third-order valence-corrected chi connectivity index (χ3v) is 3.81. The maximum absolute atomic E-state index is 12.3. The number of nitro benzene ring substituents is 1. The van der Waals surface area contributed by atoms with Crippen LogP contribution in [0.5, 0.6) is 5.75 Å². The molecular weight excluding hydrogens is 274 g/mol. The van der Waals surface area contributed by atoms with Crippen LogP contribution in [0, 0.1) is 16.0 Å². The molecule has 1 aliphatic rings. The number of rotatable bonds is 4. The van der Waals surface area contributed by atoms with Gasteiger partial charge in [0.2, 0.25) is 0 Å². The number of phenols is 1. The second kappa shape index (κ2) is 6.53. The van der Waals surface area contributed by atoms with E-state index in [0.717, 1.165) is 25.5 Å². The third-order valence-electron chi connectivity index (χ3n) is 3.81. The van der Waals surface area contributed by atoms with Crippen molar-refractivity contribution < 1.29 is 14.8 Å². The highest BCUT2D eigenvalue weighted by molar-refractivity contribution is 5.95. The van der Waals surface area contributed by atoms with Crippen molar-refractivity contribution in [3.8, 4) is 5.75 Å². The van der Waals surface area contributed by atoms with Gasteiger partial charge in [0, 0.05) is 24.7 Å². The number of aromatic hydroxyl groups is 1. The SMILES string of the molecule is CNCC1CCN(C(=O)c2ccc([N+](=O)[O-])c(O)c2)CC1. The van der Waals surface area contributed by atoms with E-state index in [-0.39, 0.29) is 17.2 Å². The molecule has 1 amide bonds. The lowest BCUT2D eigenvalue weighted by Gasteiger charge is -2.32. The highest BCUT2D eigenvalue weighted by Gasteiger charge is 2.24. The van der Waals surface area contributed by atoms with Crippen LogP contribution >= 0.6 is 0 Å². The molecule has 1 aromatic rings. The van der Waals surface area contributed by atoms with Crippen LogP contribution in [-0.4, -0.2) is 47.5 Å². The number of amides is 1. The summed E-state index contributed by atoms with van der Waals surface area (Å²) in [5.74, 6) is -0.0941. The van der Waals surface area contributed by atoms with E-state index in [1.807, 2.05) is 7.05 Å². The third kappa shape index (κ3) is 3.49. The summed E-state index contributed by atoms with van der Waals surface area (Å²) >= 11 is 0. The number of nitrogens with one attached hydrogen (secondary N) is 1. The summed E-state index contributed by atoms with van der Waals surface area (Å²) in [4.78, 5) is 24.0. The normalized spacial score (nSPS) is 16.0. The van der Waals surface area contributed by atoms with Crippen LogP contribution in [0.25, 0.3) is 0 Å². The maximum Gasteiger partial charge on any atom is 0.310 e. The van der Waals surface area contributed by atoms with Crippen LogP contribution < -0.4 is 5.32 Å². The Morgan fingerprint density at radius 1 is 1.48 bits per heavy atom. The first-order valence-electron chi connectivity index (χ1n) is 6.94. The van der Waals surface area contributed by atoms with Crippen LogP contribution in [0.1, 0.15) is 23.2 Å². The van der Waals surface area contributed by atoms with Crippen molar-refractivity contribution in [1.82, 2.24) is 10.2 Å². The Kier molecular flexibility index (Phi) is 4.74. The molecule has 1 saturated heterocycles. The zero-order valence-corrected chi connectivity index (χ0v) is 11.9. The number of piperidine rings is 1. The Bertz CT molecular complexity index is 539. The summed E-state index contributed by atoms with van der Waals surface area (Å²) in [5, 5.41) is 23.4. The van der Waals surface area contributed by atoms with Crippen LogP contribution in [0.2, 0.25) is 0 Å². The molecule has 21 heavy (non-hydrogen) atoms. The van der Waals surface area contributed by atoms with Crippen molar-refractivity contribution in [2.75, 3.05) is 26.7 Å². The molecule has 0 saturated carbocycles. The fourth-order valence-corrected chi connectivity index (χ4v) is 2.62. The maximum atomic E-state index is 12.3. The minimum Gasteiger partial charge on any atom is -0.502 e. The fraction of sp³-hybridized carbons (Fsp3) is 0.500. The first kappa shape index (κ1) is 15.2. The van der Waals surface area contributed by atoms with Crippen molar-refractivity contribution >= 4 is 11.6 Å². The lowest BCUT2D eigenvalue weighted by Crippen LogP contribution is -2.40. The number of phenolic OH excluding ortho intramolecular Hbond substituents is 1. The highest BCUT2D eigenvalue weighted by atomic mass is 16.6. The van der Waals surface area contributed by atoms with Gasteiger partial charge in [-0.05, 0) is 44.5 Å². The zero-order valence-electron chi connectivity index (χ0n) is 11.9. The van der Waals surface area contributed by atoms with E-state index in [0.29, 0.717) is 19.0 Å². The minimum atomic E-state index is -0.674. The zero-order chi connectivity index (χ0) is 15.4. The molecule has 0 bridgehead atoms. The van der Waals surface area contributed by atoms with Crippen molar-refractivity contribution in [3.05, 3.63) is 33.9 Å².